The molecule has 3 heteroatoms. The van der Waals surface area contributed by atoms with E-state index in [-0.39, 0.29) is 41.7 Å². The summed E-state index contributed by atoms with van der Waals surface area (Å²) < 4.78 is 0. The Bertz CT molecular complexity index is 485. The van der Waals surface area contributed by atoms with Gasteiger partial charge in [0, 0.05) is 11.8 Å². The lowest BCUT2D eigenvalue weighted by Gasteiger charge is -2.65. The first-order chi connectivity index (χ1) is 10.7. The smallest absolute Gasteiger partial charge is 0.144 e. The maximum atomic E-state index is 12.7. The zero-order chi connectivity index (χ0) is 17.0. The van der Waals surface area contributed by atoms with Crippen LogP contribution in [0, 0.1) is 39.9 Å². The standard InChI is InChI=1S/C20H34O3/c1-18(2)7-5-8-20(4)15(18)6-9-19(3)14(12-22)17(23)13(11-21)10-16(19)20/h13-16,21-22H,5-12H2,1-4H3/t13-,14+,15+,16+,19+,20+/m1/s1. The molecule has 3 aliphatic rings. The quantitative estimate of drug-likeness (QED) is 0.819. The maximum Gasteiger partial charge on any atom is 0.144 e. The van der Waals surface area contributed by atoms with E-state index in [0.717, 1.165) is 12.8 Å². The molecule has 0 heterocycles. The van der Waals surface area contributed by atoms with Gasteiger partial charge in [-0.2, -0.15) is 0 Å². The summed E-state index contributed by atoms with van der Waals surface area (Å²) in [7, 11) is 0. The minimum atomic E-state index is -0.291. The molecule has 2 N–H and O–H groups in total. The lowest BCUT2D eigenvalue weighted by atomic mass is 9.39. The van der Waals surface area contributed by atoms with Gasteiger partial charge in [-0.3, -0.25) is 4.79 Å². The second kappa shape index (κ2) is 5.56. The van der Waals surface area contributed by atoms with Crippen molar-refractivity contribution in [1.29, 1.82) is 0 Å². The highest BCUT2D eigenvalue weighted by Crippen LogP contribution is 2.68. The van der Waals surface area contributed by atoms with Crippen molar-refractivity contribution in [3.8, 4) is 0 Å². The van der Waals surface area contributed by atoms with Gasteiger partial charge in [0.2, 0.25) is 0 Å². The molecule has 3 nitrogen and oxygen atoms in total. The van der Waals surface area contributed by atoms with E-state index in [4.69, 9.17) is 0 Å². The molecule has 3 rings (SSSR count). The number of Topliss-reactive ketones (excluding diaryl/α,β-unsaturated/α-hetero) is 1. The van der Waals surface area contributed by atoms with Crippen LogP contribution in [-0.2, 0) is 4.79 Å². The minimum absolute atomic E-state index is 0.0630. The first kappa shape index (κ1) is 17.4. The molecular formula is C20H34O3. The molecule has 0 aromatic heterocycles. The number of carbonyl (C=O) groups is 1. The molecule has 3 fully saturated rings. The van der Waals surface area contributed by atoms with Crippen molar-refractivity contribution < 1.29 is 15.0 Å². The number of aliphatic hydroxyl groups is 2. The topological polar surface area (TPSA) is 57.5 Å². The fourth-order valence-electron chi connectivity index (χ4n) is 7.12. The number of hydrogen-bond acceptors (Lipinski definition) is 3. The first-order valence-electron chi connectivity index (χ1n) is 9.46. The Kier molecular flexibility index (Phi) is 4.21. The predicted molar refractivity (Wildman–Crippen MR) is 90.8 cm³/mol. The average molecular weight is 322 g/mol. The largest absolute Gasteiger partial charge is 0.396 e. The number of aliphatic hydroxyl groups excluding tert-OH is 2. The molecule has 0 saturated heterocycles. The third kappa shape index (κ3) is 2.33. The van der Waals surface area contributed by atoms with Crippen molar-refractivity contribution in [1.82, 2.24) is 0 Å². The summed E-state index contributed by atoms with van der Waals surface area (Å²) in [6.45, 7) is 9.39. The van der Waals surface area contributed by atoms with Gasteiger partial charge < -0.3 is 10.2 Å². The SMILES string of the molecule is CC1(C)CCC[C@]2(C)[C@H]3C[C@H](CO)C(=O)[C@H](CO)[C@]3(C)CC[C@@H]12. The zero-order valence-corrected chi connectivity index (χ0v) is 15.3. The highest BCUT2D eigenvalue weighted by atomic mass is 16.3. The third-order valence-electron chi connectivity index (χ3n) is 8.30. The van der Waals surface area contributed by atoms with Gasteiger partial charge in [-0.25, -0.2) is 0 Å². The Labute approximate surface area is 140 Å². The third-order valence-corrected chi connectivity index (χ3v) is 8.30. The van der Waals surface area contributed by atoms with Crippen molar-refractivity contribution in [2.24, 2.45) is 39.9 Å². The normalized spacial score (nSPS) is 49.4. The van der Waals surface area contributed by atoms with E-state index in [1.54, 1.807) is 0 Å². The molecule has 0 aromatic carbocycles. The van der Waals surface area contributed by atoms with Gasteiger partial charge in [-0.05, 0) is 60.2 Å². The van der Waals surface area contributed by atoms with Crippen LogP contribution >= 0.6 is 0 Å². The summed E-state index contributed by atoms with van der Waals surface area (Å²) in [5.74, 6) is 0.659. The van der Waals surface area contributed by atoms with Gasteiger partial charge in [0.15, 0.2) is 0 Å². The summed E-state index contributed by atoms with van der Waals surface area (Å²) >= 11 is 0. The molecule has 132 valence electrons. The maximum absolute atomic E-state index is 12.7. The molecule has 0 aliphatic heterocycles. The Hall–Kier alpha value is -0.410. The van der Waals surface area contributed by atoms with Crippen LogP contribution in [0.4, 0.5) is 0 Å². The monoisotopic (exact) mass is 322 g/mol. The molecule has 0 spiro atoms. The van der Waals surface area contributed by atoms with E-state index in [0.29, 0.717) is 17.3 Å². The summed E-state index contributed by atoms with van der Waals surface area (Å²) in [4.78, 5) is 12.7. The first-order valence-corrected chi connectivity index (χ1v) is 9.46. The minimum Gasteiger partial charge on any atom is -0.396 e. The van der Waals surface area contributed by atoms with Crippen LogP contribution in [-0.4, -0.2) is 29.2 Å². The van der Waals surface area contributed by atoms with E-state index in [1.165, 1.54) is 25.7 Å². The second-order valence-electron chi connectivity index (χ2n) is 9.75. The molecule has 0 amide bonds. The van der Waals surface area contributed by atoms with Crippen LogP contribution < -0.4 is 0 Å². The Morgan fingerprint density at radius 3 is 2.26 bits per heavy atom. The van der Waals surface area contributed by atoms with Gasteiger partial charge in [-0.1, -0.05) is 34.1 Å². The van der Waals surface area contributed by atoms with E-state index in [1.807, 2.05) is 0 Å². The molecule has 3 saturated carbocycles. The van der Waals surface area contributed by atoms with Gasteiger partial charge in [-0.15, -0.1) is 0 Å². The van der Waals surface area contributed by atoms with Gasteiger partial charge >= 0.3 is 0 Å². The van der Waals surface area contributed by atoms with Gasteiger partial charge in [0.25, 0.3) is 0 Å². The number of fused-ring (bicyclic) bond motifs is 3. The van der Waals surface area contributed by atoms with Gasteiger partial charge in [0.05, 0.1) is 13.2 Å². The number of rotatable bonds is 2. The summed E-state index contributed by atoms with van der Waals surface area (Å²) in [5.41, 5.74) is 0.492. The Morgan fingerprint density at radius 2 is 1.65 bits per heavy atom. The van der Waals surface area contributed by atoms with Crippen LogP contribution in [0.25, 0.3) is 0 Å². The van der Waals surface area contributed by atoms with Crippen LogP contribution in [0.1, 0.15) is 66.2 Å². The molecule has 23 heavy (non-hydrogen) atoms. The van der Waals surface area contributed by atoms with Crippen molar-refractivity contribution in [2.45, 2.75) is 66.2 Å². The van der Waals surface area contributed by atoms with Crippen LogP contribution in [0.3, 0.4) is 0 Å². The summed E-state index contributed by atoms with van der Waals surface area (Å²) in [5, 5.41) is 19.7. The molecule has 0 bridgehead atoms. The van der Waals surface area contributed by atoms with E-state index in [2.05, 4.69) is 27.7 Å². The van der Waals surface area contributed by atoms with Crippen molar-refractivity contribution in [3.05, 3.63) is 0 Å². The fraction of sp³-hybridized carbons (Fsp3) is 0.950. The predicted octanol–water partition coefficient (Wildman–Crippen LogP) is 3.43. The lowest BCUT2D eigenvalue weighted by Crippen LogP contribution is -2.61. The molecule has 0 aromatic rings. The van der Waals surface area contributed by atoms with Crippen molar-refractivity contribution in [3.63, 3.8) is 0 Å². The molecular weight excluding hydrogens is 288 g/mol. The average Bonchev–Trinajstić information content (AvgIpc) is 2.46. The molecule has 6 atom stereocenters. The van der Waals surface area contributed by atoms with E-state index in [9.17, 15) is 15.0 Å². The highest BCUT2D eigenvalue weighted by Gasteiger charge is 2.63. The summed E-state index contributed by atoms with van der Waals surface area (Å²) in [6, 6.07) is 0. The fourth-order valence-corrected chi connectivity index (χ4v) is 7.12. The molecule has 0 unspecified atom stereocenters. The van der Waals surface area contributed by atoms with E-state index < -0.39 is 0 Å². The van der Waals surface area contributed by atoms with E-state index >= 15 is 0 Å². The molecule has 0 radical (unpaired) electrons. The second-order valence-corrected chi connectivity index (χ2v) is 9.75. The summed E-state index contributed by atoms with van der Waals surface area (Å²) in [6.07, 6.45) is 6.80. The van der Waals surface area contributed by atoms with Crippen LogP contribution in [0.5, 0.6) is 0 Å². The Balaban J connectivity index is 2.03. The number of ketones is 1. The molecule has 3 aliphatic carbocycles. The van der Waals surface area contributed by atoms with Gasteiger partial charge in [0.1, 0.15) is 5.78 Å². The highest BCUT2D eigenvalue weighted by molar-refractivity contribution is 5.85. The zero-order valence-electron chi connectivity index (χ0n) is 15.3. The lowest BCUT2D eigenvalue weighted by molar-refractivity contribution is -0.185. The Morgan fingerprint density at radius 1 is 0.957 bits per heavy atom. The van der Waals surface area contributed by atoms with Crippen LogP contribution in [0.2, 0.25) is 0 Å². The number of hydrogen-bond donors (Lipinski definition) is 2. The van der Waals surface area contributed by atoms with Crippen molar-refractivity contribution >= 4 is 5.78 Å². The van der Waals surface area contributed by atoms with Crippen LogP contribution in [0.15, 0.2) is 0 Å². The van der Waals surface area contributed by atoms with Crippen molar-refractivity contribution in [2.75, 3.05) is 13.2 Å². The number of carbonyl (C=O) groups excluding carboxylic acids is 1.